The van der Waals surface area contributed by atoms with E-state index in [9.17, 15) is 14.4 Å². The van der Waals surface area contributed by atoms with E-state index >= 15 is 0 Å². The Morgan fingerprint density at radius 3 is 2.71 bits per heavy atom. The van der Waals surface area contributed by atoms with E-state index in [-0.39, 0.29) is 23.8 Å². The molecule has 4 rings (SSSR count). The van der Waals surface area contributed by atoms with Crippen LogP contribution in [-0.2, 0) is 9.59 Å². The summed E-state index contributed by atoms with van der Waals surface area (Å²) < 4.78 is 0. The molecule has 158 valence electrons. The lowest BCUT2D eigenvalue weighted by Crippen LogP contribution is -2.36. The first-order valence-corrected chi connectivity index (χ1v) is 10.1. The Morgan fingerprint density at radius 1 is 1.16 bits per heavy atom. The number of nitrogens with zero attached hydrogens (tertiary/aromatic N) is 1. The first kappa shape index (κ1) is 20.9. The smallest absolute Gasteiger partial charge is 0.258 e. The maximum Gasteiger partial charge on any atom is 0.258 e. The molecule has 31 heavy (non-hydrogen) atoms. The van der Waals surface area contributed by atoms with Crippen LogP contribution in [0, 0.1) is 6.92 Å². The van der Waals surface area contributed by atoms with Gasteiger partial charge in [0, 0.05) is 27.8 Å². The summed E-state index contributed by atoms with van der Waals surface area (Å²) >= 11 is 12.1. The van der Waals surface area contributed by atoms with Crippen LogP contribution in [0.1, 0.15) is 23.5 Å². The molecule has 0 unspecified atom stereocenters. The zero-order valence-electron chi connectivity index (χ0n) is 16.3. The zero-order chi connectivity index (χ0) is 22.1. The molecule has 0 saturated carbocycles. The summed E-state index contributed by atoms with van der Waals surface area (Å²) in [7, 11) is 0. The molecule has 0 saturated heterocycles. The van der Waals surface area contributed by atoms with E-state index < -0.39 is 23.3 Å². The molecule has 1 aliphatic rings. The number of nitrogens with one attached hydrogen (secondary N) is 4. The molecule has 0 bridgehead atoms. The predicted molar refractivity (Wildman–Crippen MR) is 120 cm³/mol. The molecule has 1 atom stereocenters. The molecular weight excluding hydrogens is 441 g/mol. The van der Waals surface area contributed by atoms with Gasteiger partial charge in [0.1, 0.15) is 5.82 Å². The van der Waals surface area contributed by atoms with Gasteiger partial charge >= 0.3 is 0 Å². The second-order valence-corrected chi connectivity index (χ2v) is 7.86. The van der Waals surface area contributed by atoms with Crippen molar-refractivity contribution in [2.45, 2.75) is 19.3 Å². The first-order valence-electron chi connectivity index (χ1n) is 9.34. The number of H-pyrrole nitrogens is 1. The predicted octanol–water partition coefficient (Wildman–Crippen LogP) is 4.19. The van der Waals surface area contributed by atoms with Crippen LogP contribution in [0.3, 0.4) is 0 Å². The Hall–Kier alpha value is -3.36. The lowest BCUT2D eigenvalue weighted by atomic mass is 9.92. The lowest BCUT2D eigenvalue weighted by Gasteiger charge is -2.24. The van der Waals surface area contributed by atoms with Crippen molar-refractivity contribution >= 4 is 58.2 Å². The van der Waals surface area contributed by atoms with E-state index in [1.54, 1.807) is 49.4 Å². The normalized spacial score (nSPS) is 15.1. The van der Waals surface area contributed by atoms with Gasteiger partial charge in [-0.15, -0.1) is 0 Å². The van der Waals surface area contributed by atoms with E-state index in [4.69, 9.17) is 23.2 Å². The highest BCUT2D eigenvalue weighted by atomic mass is 35.5. The Kier molecular flexibility index (Phi) is 5.67. The van der Waals surface area contributed by atoms with Gasteiger partial charge in [-0.25, -0.2) is 0 Å². The fraction of sp³-hybridized carbons (Fsp3) is 0.143. The van der Waals surface area contributed by atoms with E-state index in [2.05, 4.69) is 25.9 Å². The van der Waals surface area contributed by atoms with Crippen molar-refractivity contribution in [2.75, 3.05) is 16.0 Å². The van der Waals surface area contributed by atoms with Crippen molar-refractivity contribution in [3.05, 3.63) is 74.0 Å². The summed E-state index contributed by atoms with van der Waals surface area (Å²) in [4.78, 5) is 44.9. The fourth-order valence-corrected chi connectivity index (χ4v) is 3.69. The average molecular weight is 458 g/mol. The third-order valence-corrected chi connectivity index (χ3v) is 5.53. The molecule has 8 nitrogen and oxygen atoms in total. The number of carbonyl (C=O) groups excluding carboxylic acids is 2. The molecule has 10 heteroatoms. The van der Waals surface area contributed by atoms with Crippen LogP contribution in [0.4, 0.5) is 23.1 Å². The van der Waals surface area contributed by atoms with E-state index in [1.165, 1.54) is 0 Å². The largest absolute Gasteiger partial charge is 0.326 e. The standard InChI is InChI=1S/C21H17Cl2N5O3/c1-10-14(23)6-3-7-15(10)25-19(30)13-9-16(29)26-18-17(13)20(31)28-21(27-18)24-12-5-2-4-11(22)8-12/h2-8,13H,9H2,1H3,(H,25,30)(H3,24,26,27,28,29,31)/t13-/m1/s1. The van der Waals surface area contributed by atoms with Crippen molar-refractivity contribution in [3.63, 3.8) is 0 Å². The van der Waals surface area contributed by atoms with Crippen molar-refractivity contribution in [1.82, 2.24) is 9.97 Å². The van der Waals surface area contributed by atoms with Crippen LogP contribution in [0.25, 0.3) is 0 Å². The molecular formula is C21H17Cl2N5O3. The monoisotopic (exact) mass is 457 g/mol. The lowest BCUT2D eigenvalue weighted by molar-refractivity contribution is -0.123. The van der Waals surface area contributed by atoms with Crippen molar-refractivity contribution in [1.29, 1.82) is 0 Å². The zero-order valence-corrected chi connectivity index (χ0v) is 17.8. The molecule has 0 aliphatic carbocycles. The van der Waals surface area contributed by atoms with Gasteiger partial charge in [-0.3, -0.25) is 19.4 Å². The molecule has 1 aromatic heterocycles. The number of aromatic nitrogens is 2. The highest BCUT2D eigenvalue weighted by Crippen LogP contribution is 2.31. The SMILES string of the molecule is Cc1c(Cl)cccc1NC(=O)[C@@H]1CC(=O)Nc2nc(Nc3cccc(Cl)c3)[nH]c(=O)c21. The van der Waals surface area contributed by atoms with Gasteiger partial charge < -0.3 is 16.0 Å². The Morgan fingerprint density at radius 2 is 1.94 bits per heavy atom. The highest BCUT2D eigenvalue weighted by Gasteiger charge is 2.35. The van der Waals surface area contributed by atoms with Gasteiger partial charge in [0.25, 0.3) is 5.56 Å². The maximum absolute atomic E-state index is 13.0. The van der Waals surface area contributed by atoms with Gasteiger partial charge in [-0.2, -0.15) is 4.98 Å². The number of hydrogen-bond acceptors (Lipinski definition) is 5. The number of fused-ring (bicyclic) bond motifs is 1. The van der Waals surface area contributed by atoms with E-state index in [0.29, 0.717) is 27.0 Å². The fourth-order valence-electron chi connectivity index (χ4n) is 3.32. The molecule has 0 spiro atoms. The van der Waals surface area contributed by atoms with Gasteiger partial charge in [-0.05, 0) is 42.8 Å². The van der Waals surface area contributed by atoms with Gasteiger partial charge in [0.05, 0.1) is 11.5 Å². The Labute approximate surface area is 187 Å². The number of aromatic amines is 1. The van der Waals surface area contributed by atoms with Crippen molar-refractivity contribution in [2.24, 2.45) is 0 Å². The van der Waals surface area contributed by atoms with E-state index in [0.717, 1.165) is 0 Å². The number of benzene rings is 2. The summed E-state index contributed by atoms with van der Waals surface area (Å²) in [6.45, 7) is 1.77. The second kappa shape index (κ2) is 8.41. The summed E-state index contributed by atoms with van der Waals surface area (Å²) in [6, 6.07) is 12.0. The minimum absolute atomic E-state index is 0.0347. The quantitative estimate of drug-likeness (QED) is 0.468. The Balaban J connectivity index is 1.66. The Bertz CT molecular complexity index is 1260. The number of halogens is 2. The number of anilines is 4. The summed E-state index contributed by atoms with van der Waals surface area (Å²) in [5, 5.41) is 9.26. The summed E-state index contributed by atoms with van der Waals surface area (Å²) in [5.74, 6) is -1.77. The molecule has 2 amide bonds. The number of rotatable bonds is 4. The van der Waals surface area contributed by atoms with Crippen LogP contribution in [0.15, 0.2) is 47.3 Å². The highest BCUT2D eigenvalue weighted by molar-refractivity contribution is 6.32. The van der Waals surface area contributed by atoms with Crippen molar-refractivity contribution in [3.8, 4) is 0 Å². The van der Waals surface area contributed by atoms with Crippen molar-refractivity contribution < 1.29 is 9.59 Å². The number of carbonyl (C=O) groups is 2. The summed E-state index contributed by atoms with van der Waals surface area (Å²) in [5.41, 5.74) is 1.36. The maximum atomic E-state index is 13.0. The minimum atomic E-state index is -1.00. The van der Waals surface area contributed by atoms with Gasteiger partial charge in [-0.1, -0.05) is 35.3 Å². The molecule has 0 radical (unpaired) electrons. The van der Waals surface area contributed by atoms with E-state index in [1.807, 2.05) is 0 Å². The second-order valence-electron chi connectivity index (χ2n) is 7.02. The van der Waals surface area contributed by atoms with Gasteiger partial charge in [0.15, 0.2) is 0 Å². The molecule has 3 aromatic rings. The van der Waals surface area contributed by atoms with Crippen LogP contribution >= 0.6 is 23.2 Å². The van der Waals surface area contributed by atoms with Crippen LogP contribution in [-0.4, -0.2) is 21.8 Å². The first-order chi connectivity index (χ1) is 14.8. The van der Waals surface area contributed by atoms with Crippen LogP contribution < -0.4 is 21.5 Å². The third kappa shape index (κ3) is 4.40. The van der Waals surface area contributed by atoms with Crippen LogP contribution in [0.5, 0.6) is 0 Å². The molecule has 4 N–H and O–H groups in total. The van der Waals surface area contributed by atoms with Crippen LogP contribution in [0.2, 0.25) is 10.0 Å². The molecule has 0 fully saturated rings. The third-order valence-electron chi connectivity index (χ3n) is 4.88. The molecule has 1 aliphatic heterocycles. The summed E-state index contributed by atoms with van der Waals surface area (Å²) in [6.07, 6.45) is -0.176. The number of hydrogen-bond donors (Lipinski definition) is 4. The topological polar surface area (TPSA) is 116 Å². The minimum Gasteiger partial charge on any atom is -0.326 e. The molecule has 2 heterocycles. The molecule has 2 aromatic carbocycles. The average Bonchev–Trinajstić information content (AvgIpc) is 2.70. The number of amides is 2. The van der Waals surface area contributed by atoms with Gasteiger partial charge in [0.2, 0.25) is 17.8 Å².